The molecule has 1 atom stereocenters. The number of nitrogens with one attached hydrogen (secondary N) is 1. The fourth-order valence-corrected chi connectivity index (χ4v) is 5.77. The van der Waals surface area contributed by atoms with Crippen molar-refractivity contribution < 1.29 is 17.9 Å². The van der Waals surface area contributed by atoms with Crippen molar-refractivity contribution in [3.8, 4) is 11.5 Å². The lowest BCUT2D eigenvalue weighted by Crippen LogP contribution is -2.44. The number of para-hydroxylation sites is 1. The molecule has 0 amide bonds. The quantitative estimate of drug-likeness (QED) is 0.761. The van der Waals surface area contributed by atoms with E-state index >= 15 is 0 Å². The zero-order valence-electron chi connectivity index (χ0n) is 17.2. The first-order chi connectivity index (χ1) is 13.2. The molecule has 2 aromatic carbocycles. The first-order valence-electron chi connectivity index (χ1n) is 9.70. The van der Waals surface area contributed by atoms with Crippen molar-refractivity contribution in [2.75, 3.05) is 7.11 Å². The largest absolute Gasteiger partial charge is 0.497 e. The van der Waals surface area contributed by atoms with Crippen molar-refractivity contribution in [3.63, 3.8) is 0 Å². The Morgan fingerprint density at radius 2 is 1.75 bits per heavy atom. The fraction of sp³-hybridized carbons (Fsp3) is 0.455. The van der Waals surface area contributed by atoms with Gasteiger partial charge in [0.1, 0.15) is 17.1 Å². The summed E-state index contributed by atoms with van der Waals surface area (Å²) in [6.07, 6.45) is 2.23. The van der Waals surface area contributed by atoms with Crippen molar-refractivity contribution in [2.45, 2.75) is 63.5 Å². The molecule has 0 spiro atoms. The Balaban J connectivity index is 2.02. The molecule has 0 saturated carbocycles. The number of hydrogen-bond acceptors (Lipinski definition) is 4. The van der Waals surface area contributed by atoms with E-state index in [0.29, 0.717) is 28.2 Å². The third-order valence-corrected chi connectivity index (χ3v) is 7.50. The van der Waals surface area contributed by atoms with Crippen LogP contribution in [0.15, 0.2) is 41.3 Å². The molecule has 152 valence electrons. The second-order valence-electron chi connectivity index (χ2n) is 7.50. The molecule has 2 aromatic rings. The van der Waals surface area contributed by atoms with Crippen molar-refractivity contribution in [1.82, 2.24) is 4.72 Å². The maximum atomic E-state index is 13.3. The Morgan fingerprint density at radius 1 is 1.14 bits per heavy atom. The van der Waals surface area contributed by atoms with Crippen molar-refractivity contribution in [1.29, 1.82) is 0 Å². The third kappa shape index (κ3) is 3.76. The summed E-state index contributed by atoms with van der Waals surface area (Å²) in [5.74, 6) is 1.41. The average Bonchev–Trinajstić information content (AvgIpc) is 2.66. The summed E-state index contributed by atoms with van der Waals surface area (Å²) >= 11 is 0. The second kappa shape index (κ2) is 7.76. The molecule has 6 heteroatoms. The van der Waals surface area contributed by atoms with E-state index in [1.807, 2.05) is 24.3 Å². The highest BCUT2D eigenvalue weighted by molar-refractivity contribution is 7.89. The van der Waals surface area contributed by atoms with Crippen LogP contribution in [0.3, 0.4) is 0 Å². The molecule has 0 aromatic heterocycles. The van der Waals surface area contributed by atoms with E-state index < -0.39 is 10.0 Å². The molecule has 1 aliphatic heterocycles. The molecule has 1 heterocycles. The Hall–Kier alpha value is -2.05. The minimum Gasteiger partial charge on any atom is -0.497 e. The van der Waals surface area contributed by atoms with Crippen LogP contribution in [0.2, 0.25) is 0 Å². The fourth-order valence-electron chi connectivity index (χ4n) is 4.10. The number of hydrogen-bond donors (Lipinski definition) is 1. The molecular formula is C22H29NO4S. The zero-order valence-corrected chi connectivity index (χ0v) is 18.0. The Morgan fingerprint density at radius 3 is 2.32 bits per heavy atom. The average molecular weight is 404 g/mol. The van der Waals surface area contributed by atoms with Crippen LogP contribution < -0.4 is 14.2 Å². The molecule has 5 nitrogen and oxygen atoms in total. The predicted octanol–water partition coefficient (Wildman–Crippen LogP) is 4.67. The van der Waals surface area contributed by atoms with E-state index in [-0.39, 0.29) is 11.6 Å². The van der Waals surface area contributed by atoms with Gasteiger partial charge in [0.05, 0.1) is 18.0 Å². The second-order valence-corrected chi connectivity index (χ2v) is 9.15. The number of aryl methyl sites for hydroxylation is 2. The Bertz CT molecular complexity index is 941. The van der Waals surface area contributed by atoms with Crippen LogP contribution in [-0.2, 0) is 10.0 Å². The highest BCUT2D eigenvalue weighted by Crippen LogP contribution is 2.43. The molecule has 1 aliphatic rings. The number of methoxy groups -OCH3 is 1. The first kappa shape index (κ1) is 20.7. The molecule has 0 unspecified atom stereocenters. The van der Waals surface area contributed by atoms with E-state index in [4.69, 9.17) is 9.47 Å². The monoisotopic (exact) mass is 403 g/mol. The lowest BCUT2D eigenvalue weighted by molar-refractivity contribution is 0.0260. The summed E-state index contributed by atoms with van der Waals surface area (Å²) in [5, 5.41) is 0. The number of ether oxygens (including phenoxy) is 2. The summed E-state index contributed by atoms with van der Waals surface area (Å²) in [4.78, 5) is 0.316. The van der Waals surface area contributed by atoms with Crippen LogP contribution >= 0.6 is 0 Å². The van der Waals surface area contributed by atoms with Crippen LogP contribution in [0.1, 0.15) is 55.8 Å². The zero-order chi connectivity index (χ0) is 20.5. The van der Waals surface area contributed by atoms with Gasteiger partial charge in [-0.2, -0.15) is 0 Å². The number of fused-ring (bicyclic) bond motifs is 1. The maximum absolute atomic E-state index is 13.3. The van der Waals surface area contributed by atoms with Gasteiger partial charge in [0.2, 0.25) is 10.0 Å². The van der Waals surface area contributed by atoms with Crippen molar-refractivity contribution in [3.05, 3.63) is 53.1 Å². The maximum Gasteiger partial charge on any atom is 0.241 e. The van der Waals surface area contributed by atoms with Crippen LogP contribution in [0.5, 0.6) is 11.5 Å². The molecule has 28 heavy (non-hydrogen) atoms. The number of rotatable bonds is 6. The molecule has 1 N–H and O–H groups in total. The molecular weight excluding hydrogens is 374 g/mol. The van der Waals surface area contributed by atoms with E-state index in [1.54, 1.807) is 33.1 Å². The third-order valence-electron chi connectivity index (χ3n) is 5.72. The van der Waals surface area contributed by atoms with Gasteiger partial charge in [0.15, 0.2) is 0 Å². The SMILES string of the molecule is CCC1(CC)C[C@@H](NS(=O)(=O)c2c(C)cc(OC)cc2C)c2ccccc2O1. The van der Waals surface area contributed by atoms with Gasteiger partial charge in [0.25, 0.3) is 0 Å². The van der Waals surface area contributed by atoms with Crippen molar-refractivity contribution >= 4 is 10.0 Å². The smallest absolute Gasteiger partial charge is 0.241 e. The van der Waals surface area contributed by atoms with E-state index in [1.165, 1.54) is 0 Å². The lowest BCUT2D eigenvalue weighted by atomic mass is 9.84. The van der Waals surface area contributed by atoms with Crippen molar-refractivity contribution in [2.24, 2.45) is 0 Å². The Kier molecular flexibility index (Phi) is 5.73. The molecule has 0 bridgehead atoms. The number of sulfonamides is 1. The molecule has 0 aliphatic carbocycles. The van der Waals surface area contributed by atoms with Crippen LogP contribution in [0.4, 0.5) is 0 Å². The summed E-state index contributed by atoms with van der Waals surface area (Å²) in [6.45, 7) is 7.76. The molecule has 0 radical (unpaired) electrons. The molecule has 3 rings (SSSR count). The van der Waals surface area contributed by atoms with E-state index in [9.17, 15) is 8.42 Å². The van der Waals surface area contributed by atoms with Gasteiger partial charge >= 0.3 is 0 Å². The van der Waals surface area contributed by atoms with Gasteiger partial charge in [0, 0.05) is 12.0 Å². The molecule has 0 saturated heterocycles. The van der Waals surface area contributed by atoms with Gasteiger partial charge in [-0.1, -0.05) is 32.0 Å². The number of benzene rings is 2. The standard InChI is InChI=1S/C22H29NO4S/c1-6-22(7-2)14-19(18-10-8-9-11-20(18)27-22)23-28(24,25)21-15(3)12-17(26-5)13-16(21)4/h8-13,19,23H,6-7,14H2,1-5H3/t19-/m1/s1. The van der Waals surface area contributed by atoms with Gasteiger partial charge in [-0.15, -0.1) is 0 Å². The topological polar surface area (TPSA) is 64.6 Å². The minimum atomic E-state index is -3.72. The van der Waals surface area contributed by atoms with Gasteiger partial charge in [-0.3, -0.25) is 0 Å². The lowest BCUT2D eigenvalue weighted by Gasteiger charge is -2.41. The summed E-state index contributed by atoms with van der Waals surface area (Å²) in [5.41, 5.74) is 1.85. The summed E-state index contributed by atoms with van der Waals surface area (Å²) in [7, 11) is -2.14. The van der Waals surface area contributed by atoms with Crippen LogP contribution in [0.25, 0.3) is 0 Å². The van der Waals surface area contributed by atoms with Gasteiger partial charge < -0.3 is 9.47 Å². The highest BCUT2D eigenvalue weighted by atomic mass is 32.2. The molecule has 0 fully saturated rings. The van der Waals surface area contributed by atoms with Crippen LogP contribution in [-0.4, -0.2) is 21.1 Å². The predicted molar refractivity (Wildman–Crippen MR) is 111 cm³/mol. The van der Waals surface area contributed by atoms with E-state index in [0.717, 1.165) is 24.2 Å². The van der Waals surface area contributed by atoms with Gasteiger partial charge in [-0.25, -0.2) is 13.1 Å². The summed E-state index contributed by atoms with van der Waals surface area (Å²) in [6, 6.07) is 10.9. The Labute approximate surface area is 168 Å². The summed E-state index contributed by atoms with van der Waals surface area (Å²) < 4.78 is 41.2. The van der Waals surface area contributed by atoms with Gasteiger partial charge in [-0.05, 0) is 56.0 Å². The normalized spacial score (nSPS) is 18.2. The first-order valence-corrected chi connectivity index (χ1v) is 11.2. The van der Waals surface area contributed by atoms with Crippen LogP contribution in [0, 0.1) is 13.8 Å². The minimum absolute atomic E-state index is 0.316. The highest BCUT2D eigenvalue weighted by Gasteiger charge is 2.40. The van der Waals surface area contributed by atoms with E-state index in [2.05, 4.69) is 18.6 Å².